The number of primary sulfonamides is 1. The van der Waals surface area contributed by atoms with Gasteiger partial charge in [-0.15, -0.1) is 0 Å². The Labute approximate surface area is 84.0 Å². The van der Waals surface area contributed by atoms with Gasteiger partial charge in [-0.2, -0.15) is 0 Å². The van der Waals surface area contributed by atoms with Crippen molar-refractivity contribution in [3.8, 4) is 0 Å². The number of fused-ring (bicyclic) bond motifs is 1. The monoisotopic (exact) mass is 232 g/mol. The average molecular weight is 232 g/mol. The molecule has 1 atom stereocenters. The van der Waals surface area contributed by atoms with E-state index in [-0.39, 0.29) is 4.90 Å². The minimum absolute atomic E-state index is 0.0527. The second kappa shape index (κ2) is 3.04. The van der Waals surface area contributed by atoms with Crippen LogP contribution in [0.15, 0.2) is 23.1 Å². The third-order valence-corrected chi connectivity index (χ3v) is 3.85. The SMILES string of the molecule is NS(=O)(=O)c1ccc2c(c1)CS(=O)N2. The Morgan fingerprint density at radius 2 is 2.14 bits per heavy atom. The lowest BCUT2D eigenvalue weighted by Gasteiger charge is -2.00. The normalized spacial score (nSPS) is 20.2. The van der Waals surface area contributed by atoms with Crippen molar-refractivity contribution in [2.75, 3.05) is 4.72 Å². The molecule has 0 saturated heterocycles. The highest BCUT2D eigenvalue weighted by Crippen LogP contribution is 2.26. The minimum Gasteiger partial charge on any atom is -0.305 e. The molecule has 0 radical (unpaired) electrons. The van der Waals surface area contributed by atoms with E-state index in [1.807, 2.05) is 0 Å². The molecular formula is C7H8N2O3S2. The highest BCUT2D eigenvalue weighted by Gasteiger charge is 2.18. The van der Waals surface area contributed by atoms with E-state index in [9.17, 15) is 12.6 Å². The van der Waals surface area contributed by atoms with Crippen LogP contribution in [0.4, 0.5) is 5.69 Å². The average Bonchev–Trinajstić information content (AvgIpc) is 2.41. The van der Waals surface area contributed by atoms with Gasteiger partial charge in [-0.1, -0.05) is 0 Å². The number of hydrogen-bond donors (Lipinski definition) is 2. The van der Waals surface area contributed by atoms with Gasteiger partial charge in [0.15, 0.2) is 0 Å². The molecule has 5 nitrogen and oxygen atoms in total. The van der Waals surface area contributed by atoms with Crippen molar-refractivity contribution in [1.82, 2.24) is 0 Å². The molecule has 1 aromatic carbocycles. The van der Waals surface area contributed by atoms with E-state index in [1.54, 1.807) is 6.07 Å². The van der Waals surface area contributed by atoms with Crippen molar-refractivity contribution < 1.29 is 12.6 Å². The molecule has 0 amide bonds. The highest BCUT2D eigenvalue weighted by atomic mass is 32.2. The summed E-state index contributed by atoms with van der Waals surface area (Å²) in [7, 11) is -4.81. The van der Waals surface area contributed by atoms with Gasteiger partial charge in [0.2, 0.25) is 10.0 Å². The summed E-state index contributed by atoms with van der Waals surface area (Å²) in [6, 6.07) is 4.41. The lowest BCUT2D eigenvalue weighted by atomic mass is 10.2. The number of nitrogens with two attached hydrogens (primary N) is 1. The number of anilines is 1. The third-order valence-electron chi connectivity index (χ3n) is 1.92. The molecule has 0 spiro atoms. The van der Waals surface area contributed by atoms with Crippen LogP contribution in [0, 0.1) is 0 Å². The second-order valence-electron chi connectivity index (χ2n) is 2.96. The first kappa shape index (κ1) is 9.63. The molecule has 0 saturated carbocycles. The van der Waals surface area contributed by atoms with Crippen LogP contribution in [0.5, 0.6) is 0 Å². The van der Waals surface area contributed by atoms with Crippen LogP contribution in [0.2, 0.25) is 0 Å². The fourth-order valence-electron chi connectivity index (χ4n) is 1.27. The first-order chi connectivity index (χ1) is 6.47. The van der Waals surface area contributed by atoms with Gasteiger partial charge in [0.25, 0.3) is 0 Å². The maximum atomic E-state index is 11.1. The molecule has 1 unspecified atom stereocenters. The summed E-state index contributed by atoms with van der Waals surface area (Å²) in [6.07, 6.45) is 0. The van der Waals surface area contributed by atoms with Crippen molar-refractivity contribution in [2.45, 2.75) is 10.6 Å². The van der Waals surface area contributed by atoms with Gasteiger partial charge in [0, 0.05) is 0 Å². The topological polar surface area (TPSA) is 89.3 Å². The Morgan fingerprint density at radius 3 is 2.79 bits per heavy atom. The summed E-state index contributed by atoms with van der Waals surface area (Å²) in [5.74, 6) is 0.318. The molecule has 0 bridgehead atoms. The van der Waals surface area contributed by atoms with Gasteiger partial charge in [-0.3, -0.25) is 0 Å². The van der Waals surface area contributed by atoms with Gasteiger partial charge in [-0.25, -0.2) is 17.8 Å². The smallest absolute Gasteiger partial charge is 0.238 e. The third kappa shape index (κ3) is 1.66. The quantitative estimate of drug-likeness (QED) is 0.710. The summed E-state index contributed by atoms with van der Waals surface area (Å²) in [4.78, 5) is 0.0527. The Morgan fingerprint density at radius 1 is 1.43 bits per heavy atom. The first-order valence-corrected chi connectivity index (χ1v) is 6.64. The first-order valence-electron chi connectivity index (χ1n) is 3.77. The van der Waals surface area contributed by atoms with Crippen LogP contribution in [0.25, 0.3) is 0 Å². The molecule has 0 aliphatic carbocycles. The zero-order valence-corrected chi connectivity index (χ0v) is 8.69. The van der Waals surface area contributed by atoms with Crippen molar-refractivity contribution in [3.05, 3.63) is 23.8 Å². The number of rotatable bonds is 1. The molecule has 1 aliphatic heterocycles. The summed E-state index contributed by atoms with van der Waals surface area (Å²) in [6.45, 7) is 0. The zero-order chi connectivity index (χ0) is 10.3. The molecule has 1 heterocycles. The molecule has 1 aromatic rings. The van der Waals surface area contributed by atoms with Crippen molar-refractivity contribution >= 4 is 26.7 Å². The summed E-state index contributed by atoms with van der Waals surface area (Å²) < 4.78 is 35.8. The number of benzene rings is 1. The van der Waals surface area contributed by atoms with E-state index >= 15 is 0 Å². The van der Waals surface area contributed by atoms with E-state index in [0.717, 1.165) is 5.56 Å². The van der Waals surface area contributed by atoms with Gasteiger partial charge < -0.3 is 4.72 Å². The Balaban J connectivity index is 2.53. The predicted octanol–water partition coefficient (Wildman–Crippen LogP) is -0.0768. The van der Waals surface area contributed by atoms with Crippen molar-refractivity contribution in [3.63, 3.8) is 0 Å². The lowest BCUT2D eigenvalue weighted by molar-refractivity contribution is 0.597. The molecular weight excluding hydrogens is 224 g/mol. The molecule has 76 valence electrons. The highest BCUT2D eigenvalue weighted by molar-refractivity contribution is 7.89. The Bertz CT molecular complexity index is 510. The summed E-state index contributed by atoms with van der Waals surface area (Å²) in [5.41, 5.74) is 1.42. The van der Waals surface area contributed by atoms with Gasteiger partial charge in [-0.05, 0) is 23.8 Å². The number of nitrogens with one attached hydrogen (secondary N) is 1. The van der Waals surface area contributed by atoms with Gasteiger partial charge >= 0.3 is 0 Å². The van der Waals surface area contributed by atoms with Crippen LogP contribution < -0.4 is 9.86 Å². The molecule has 7 heteroatoms. The number of hydrogen-bond acceptors (Lipinski definition) is 3. The molecule has 1 aliphatic rings. The van der Waals surface area contributed by atoms with Crippen LogP contribution in [0.3, 0.4) is 0 Å². The second-order valence-corrected chi connectivity index (χ2v) is 5.70. The maximum Gasteiger partial charge on any atom is 0.238 e. The maximum absolute atomic E-state index is 11.1. The van der Waals surface area contributed by atoms with Gasteiger partial charge in [0.05, 0.1) is 16.3 Å². The Hall–Kier alpha value is -0.920. The minimum atomic E-state index is -3.67. The molecule has 0 aromatic heterocycles. The van der Waals surface area contributed by atoms with E-state index in [2.05, 4.69) is 4.72 Å². The van der Waals surface area contributed by atoms with Gasteiger partial charge in [0.1, 0.15) is 11.0 Å². The largest absolute Gasteiger partial charge is 0.305 e. The van der Waals surface area contributed by atoms with Crippen molar-refractivity contribution in [2.24, 2.45) is 5.14 Å². The van der Waals surface area contributed by atoms with Crippen LogP contribution in [-0.4, -0.2) is 12.6 Å². The van der Waals surface area contributed by atoms with Crippen LogP contribution in [-0.2, 0) is 26.8 Å². The summed E-state index contributed by atoms with van der Waals surface area (Å²) >= 11 is 0. The zero-order valence-electron chi connectivity index (χ0n) is 7.06. The lowest BCUT2D eigenvalue weighted by Crippen LogP contribution is -2.12. The predicted molar refractivity (Wildman–Crippen MR) is 53.3 cm³/mol. The van der Waals surface area contributed by atoms with E-state index in [0.29, 0.717) is 11.4 Å². The van der Waals surface area contributed by atoms with Crippen LogP contribution >= 0.6 is 0 Å². The standard InChI is InChI=1S/C7H8N2O3S2/c8-14(11,12)6-1-2-7-5(3-6)4-13(10)9-7/h1-3,9H,4H2,(H2,8,11,12). The summed E-state index contributed by atoms with van der Waals surface area (Å²) in [5, 5.41) is 4.96. The fraction of sp³-hybridized carbons (Fsp3) is 0.143. The van der Waals surface area contributed by atoms with E-state index < -0.39 is 21.0 Å². The Kier molecular flexibility index (Phi) is 2.09. The molecule has 14 heavy (non-hydrogen) atoms. The van der Waals surface area contributed by atoms with Crippen LogP contribution in [0.1, 0.15) is 5.56 Å². The van der Waals surface area contributed by atoms with Crippen molar-refractivity contribution in [1.29, 1.82) is 0 Å². The van der Waals surface area contributed by atoms with E-state index in [4.69, 9.17) is 5.14 Å². The fourth-order valence-corrected chi connectivity index (χ4v) is 2.87. The molecule has 2 rings (SSSR count). The number of sulfonamides is 1. The van der Waals surface area contributed by atoms with E-state index in [1.165, 1.54) is 12.1 Å². The molecule has 3 N–H and O–H groups in total. The molecule has 0 fully saturated rings.